The molecule has 1 atom stereocenters. The topological polar surface area (TPSA) is 41.6 Å². The Morgan fingerprint density at radius 2 is 1.67 bits per heavy atom. The Morgan fingerprint density at radius 3 is 2.26 bits per heavy atom. The maximum atomic E-state index is 12.7. The highest BCUT2D eigenvalue weighted by atomic mass is 16.5. The highest BCUT2D eigenvalue weighted by molar-refractivity contribution is 5.94. The van der Waals surface area contributed by atoms with E-state index in [9.17, 15) is 4.79 Å². The summed E-state index contributed by atoms with van der Waals surface area (Å²) in [6.07, 6.45) is 0. The zero-order chi connectivity index (χ0) is 19.3. The molecule has 0 aromatic heterocycles. The Bertz CT molecular complexity index is 729. The Morgan fingerprint density at radius 1 is 1.04 bits per heavy atom. The van der Waals surface area contributed by atoms with Gasteiger partial charge >= 0.3 is 0 Å². The van der Waals surface area contributed by atoms with Gasteiger partial charge in [0.05, 0.1) is 19.3 Å². The fourth-order valence-corrected chi connectivity index (χ4v) is 3.44. The van der Waals surface area contributed by atoms with Crippen molar-refractivity contribution in [1.82, 2.24) is 10.2 Å². The second-order valence-electron chi connectivity index (χ2n) is 8.11. The minimum atomic E-state index is -0.0235. The van der Waals surface area contributed by atoms with E-state index in [0.717, 1.165) is 26.3 Å². The molecule has 1 aliphatic rings. The van der Waals surface area contributed by atoms with Crippen molar-refractivity contribution in [2.75, 3.05) is 32.8 Å². The summed E-state index contributed by atoms with van der Waals surface area (Å²) in [5.41, 5.74) is 3.25. The largest absolute Gasteiger partial charge is 0.379 e. The summed E-state index contributed by atoms with van der Waals surface area (Å²) in [4.78, 5) is 15.1. The minimum absolute atomic E-state index is 0.0235. The number of hydrogen-bond donors (Lipinski definition) is 1. The van der Waals surface area contributed by atoms with Crippen LogP contribution in [-0.2, 0) is 10.2 Å². The number of carbonyl (C=O) groups is 1. The molecule has 1 heterocycles. The predicted octanol–water partition coefficient (Wildman–Crippen LogP) is 3.79. The van der Waals surface area contributed by atoms with E-state index in [4.69, 9.17) is 4.74 Å². The van der Waals surface area contributed by atoms with Crippen molar-refractivity contribution in [3.05, 3.63) is 71.3 Å². The number of carbonyl (C=O) groups excluding carboxylic acids is 1. The molecular weight excluding hydrogens is 336 g/mol. The lowest BCUT2D eigenvalue weighted by Gasteiger charge is -2.35. The van der Waals surface area contributed by atoms with Gasteiger partial charge in [-0.25, -0.2) is 0 Å². The van der Waals surface area contributed by atoms with E-state index in [1.165, 1.54) is 11.1 Å². The van der Waals surface area contributed by atoms with Gasteiger partial charge in [-0.1, -0.05) is 63.2 Å². The number of nitrogens with one attached hydrogen (secondary N) is 1. The van der Waals surface area contributed by atoms with Gasteiger partial charge in [-0.15, -0.1) is 0 Å². The van der Waals surface area contributed by atoms with Gasteiger partial charge in [0.25, 0.3) is 5.91 Å². The Balaban J connectivity index is 1.68. The van der Waals surface area contributed by atoms with E-state index >= 15 is 0 Å². The van der Waals surface area contributed by atoms with Gasteiger partial charge in [-0.3, -0.25) is 9.69 Å². The SMILES string of the molecule is CC(C)(C)c1ccc(C(=O)NC[C@H](c2ccccc2)N2CCOCC2)cc1. The molecule has 0 radical (unpaired) electrons. The van der Waals surface area contributed by atoms with Crippen LogP contribution in [0.1, 0.15) is 48.3 Å². The Labute approximate surface area is 162 Å². The van der Waals surface area contributed by atoms with Crippen molar-refractivity contribution in [2.24, 2.45) is 0 Å². The zero-order valence-corrected chi connectivity index (χ0v) is 16.6. The normalized spacial score (nSPS) is 16.7. The first kappa shape index (κ1) is 19.6. The molecule has 4 nitrogen and oxygen atoms in total. The second-order valence-corrected chi connectivity index (χ2v) is 8.11. The number of benzene rings is 2. The smallest absolute Gasteiger partial charge is 0.251 e. The fraction of sp³-hybridized carbons (Fsp3) is 0.435. The van der Waals surface area contributed by atoms with Gasteiger partial charge in [0, 0.05) is 25.2 Å². The molecule has 0 saturated carbocycles. The van der Waals surface area contributed by atoms with E-state index in [1.54, 1.807) is 0 Å². The number of ether oxygens (including phenoxy) is 1. The molecule has 1 N–H and O–H groups in total. The fourth-order valence-electron chi connectivity index (χ4n) is 3.44. The quantitative estimate of drug-likeness (QED) is 0.875. The molecule has 1 fully saturated rings. The highest BCUT2D eigenvalue weighted by Gasteiger charge is 2.23. The van der Waals surface area contributed by atoms with Crippen molar-refractivity contribution in [2.45, 2.75) is 32.2 Å². The maximum Gasteiger partial charge on any atom is 0.251 e. The van der Waals surface area contributed by atoms with Crippen LogP contribution in [0.3, 0.4) is 0 Å². The lowest BCUT2D eigenvalue weighted by atomic mass is 9.87. The molecule has 1 amide bonds. The van der Waals surface area contributed by atoms with Crippen LogP contribution in [0.15, 0.2) is 54.6 Å². The van der Waals surface area contributed by atoms with Crippen LogP contribution >= 0.6 is 0 Å². The zero-order valence-electron chi connectivity index (χ0n) is 16.6. The van der Waals surface area contributed by atoms with Crippen molar-refractivity contribution in [1.29, 1.82) is 0 Å². The van der Waals surface area contributed by atoms with Gasteiger partial charge in [0.2, 0.25) is 0 Å². The van der Waals surface area contributed by atoms with E-state index in [2.05, 4.69) is 55.3 Å². The highest BCUT2D eigenvalue weighted by Crippen LogP contribution is 2.23. The van der Waals surface area contributed by atoms with E-state index < -0.39 is 0 Å². The van der Waals surface area contributed by atoms with Gasteiger partial charge in [0.15, 0.2) is 0 Å². The van der Waals surface area contributed by atoms with E-state index in [0.29, 0.717) is 12.1 Å². The molecule has 2 aromatic rings. The molecule has 0 spiro atoms. The summed E-state index contributed by atoms with van der Waals surface area (Å²) in [6, 6.07) is 18.5. The van der Waals surface area contributed by atoms with Gasteiger partial charge in [-0.05, 0) is 28.7 Å². The van der Waals surface area contributed by atoms with Crippen molar-refractivity contribution >= 4 is 5.91 Å². The average molecular weight is 367 g/mol. The summed E-state index contributed by atoms with van der Waals surface area (Å²) < 4.78 is 5.49. The summed E-state index contributed by atoms with van der Waals surface area (Å²) in [5, 5.41) is 3.13. The van der Waals surface area contributed by atoms with E-state index in [-0.39, 0.29) is 17.4 Å². The van der Waals surface area contributed by atoms with Gasteiger partial charge < -0.3 is 10.1 Å². The molecule has 1 aliphatic heterocycles. The first-order valence-electron chi connectivity index (χ1n) is 9.70. The number of amides is 1. The molecule has 144 valence electrons. The molecule has 3 rings (SSSR count). The molecule has 0 bridgehead atoms. The Hall–Kier alpha value is -2.17. The molecular formula is C23H30N2O2. The summed E-state index contributed by atoms with van der Waals surface area (Å²) in [6.45, 7) is 10.4. The average Bonchev–Trinajstić information content (AvgIpc) is 2.69. The lowest BCUT2D eigenvalue weighted by Crippen LogP contribution is -2.43. The van der Waals surface area contributed by atoms with Crippen LogP contribution in [0.4, 0.5) is 0 Å². The Kier molecular flexibility index (Phi) is 6.30. The monoisotopic (exact) mass is 366 g/mol. The second kappa shape index (κ2) is 8.68. The van der Waals surface area contributed by atoms with Crippen molar-refractivity contribution in [3.63, 3.8) is 0 Å². The third-order valence-electron chi connectivity index (χ3n) is 5.14. The lowest BCUT2D eigenvalue weighted by molar-refractivity contribution is 0.0162. The van der Waals surface area contributed by atoms with Gasteiger partial charge in [-0.2, -0.15) is 0 Å². The van der Waals surface area contributed by atoms with Crippen molar-refractivity contribution < 1.29 is 9.53 Å². The number of hydrogen-bond acceptors (Lipinski definition) is 3. The predicted molar refractivity (Wildman–Crippen MR) is 109 cm³/mol. The van der Waals surface area contributed by atoms with Crippen LogP contribution in [-0.4, -0.2) is 43.7 Å². The summed E-state index contributed by atoms with van der Waals surface area (Å²) >= 11 is 0. The van der Waals surface area contributed by atoms with E-state index in [1.807, 2.05) is 30.3 Å². The molecule has 4 heteroatoms. The third kappa shape index (κ3) is 5.18. The van der Waals surface area contributed by atoms with Crippen LogP contribution in [0.2, 0.25) is 0 Å². The summed E-state index contributed by atoms with van der Waals surface area (Å²) in [7, 11) is 0. The first-order valence-corrected chi connectivity index (χ1v) is 9.70. The molecule has 0 aliphatic carbocycles. The van der Waals surface area contributed by atoms with Crippen LogP contribution < -0.4 is 5.32 Å². The standard InChI is InChI=1S/C23H30N2O2/c1-23(2,3)20-11-9-19(10-12-20)22(26)24-17-21(18-7-5-4-6-8-18)25-13-15-27-16-14-25/h4-12,21H,13-17H2,1-3H3,(H,24,26)/t21-/m1/s1. The maximum absolute atomic E-state index is 12.7. The van der Waals surface area contributed by atoms with Crippen molar-refractivity contribution in [3.8, 4) is 0 Å². The van der Waals surface area contributed by atoms with Gasteiger partial charge in [0.1, 0.15) is 0 Å². The number of nitrogens with zero attached hydrogens (tertiary/aromatic N) is 1. The first-order chi connectivity index (χ1) is 12.9. The van der Waals surface area contributed by atoms with Crippen LogP contribution in [0.5, 0.6) is 0 Å². The number of morpholine rings is 1. The summed E-state index contributed by atoms with van der Waals surface area (Å²) in [5.74, 6) is -0.0235. The molecule has 27 heavy (non-hydrogen) atoms. The minimum Gasteiger partial charge on any atom is -0.379 e. The van der Waals surface area contributed by atoms with Crippen LogP contribution in [0, 0.1) is 0 Å². The number of rotatable bonds is 5. The van der Waals surface area contributed by atoms with Crippen LogP contribution in [0.25, 0.3) is 0 Å². The molecule has 1 saturated heterocycles. The molecule has 2 aromatic carbocycles. The third-order valence-corrected chi connectivity index (χ3v) is 5.14. The molecule has 0 unspecified atom stereocenters.